The molecule has 6 heteroatoms. The summed E-state index contributed by atoms with van der Waals surface area (Å²) in [6, 6.07) is 8.45. The highest BCUT2D eigenvalue weighted by Gasteiger charge is 2.22. The Morgan fingerprint density at radius 3 is 2.87 bits per heavy atom. The zero-order chi connectivity index (χ0) is 15.5. The largest absolute Gasteiger partial charge is 0.473 e. The van der Waals surface area contributed by atoms with Gasteiger partial charge >= 0.3 is 0 Å². The van der Waals surface area contributed by atoms with Crippen LogP contribution in [0.2, 0.25) is 0 Å². The van der Waals surface area contributed by atoms with Crippen LogP contribution in [0.5, 0.6) is 5.88 Å². The van der Waals surface area contributed by atoms with Crippen LogP contribution in [0.3, 0.4) is 0 Å². The molecule has 1 aliphatic rings. The molecule has 118 valence electrons. The average molecular weight is 326 g/mol. The zero-order valence-corrected chi connectivity index (χ0v) is 13.6. The van der Waals surface area contributed by atoms with Crippen molar-refractivity contribution >= 4 is 21.6 Å². The fourth-order valence-corrected chi connectivity index (χ4v) is 3.75. The molecule has 2 aromatic heterocycles. The minimum atomic E-state index is 0.232. The fourth-order valence-electron chi connectivity index (χ4n) is 2.97. The van der Waals surface area contributed by atoms with Gasteiger partial charge in [-0.25, -0.2) is 4.98 Å². The van der Waals surface area contributed by atoms with Crippen LogP contribution < -0.4 is 4.74 Å². The van der Waals surface area contributed by atoms with Gasteiger partial charge in [-0.05, 0) is 30.4 Å². The number of piperidine rings is 1. The molecule has 0 saturated carbocycles. The first-order chi connectivity index (χ1) is 11.4. The maximum absolute atomic E-state index is 5.90. The first-order valence-corrected chi connectivity index (χ1v) is 8.64. The van der Waals surface area contributed by atoms with Gasteiger partial charge in [-0.15, -0.1) is 0 Å². The molecule has 23 heavy (non-hydrogen) atoms. The molecule has 3 aromatic rings. The van der Waals surface area contributed by atoms with E-state index in [1.807, 2.05) is 0 Å². The lowest BCUT2D eigenvalue weighted by Crippen LogP contribution is -2.38. The molecule has 4 rings (SSSR count). The Balaban J connectivity index is 1.35. The number of nitrogens with zero attached hydrogens (tertiary/aromatic N) is 4. The molecule has 1 fully saturated rings. The van der Waals surface area contributed by atoms with Gasteiger partial charge in [-0.1, -0.05) is 18.2 Å². The molecule has 0 bridgehead atoms. The number of fused-ring (bicyclic) bond motifs is 1. The molecule has 0 unspecified atom stereocenters. The lowest BCUT2D eigenvalue weighted by Gasteiger charge is -2.31. The summed E-state index contributed by atoms with van der Waals surface area (Å²) < 4.78 is 11.8. The van der Waals surface area contributed by atoms with Crippen LogP contribution in [0.4, 0.5) is 0 Å². The maximum atomic E-state index is 5.90. The molecule has 0 aliphatic carbocycles. The van der Waals surface area contributed by atoms with Crippen molar-refractivity contribution in [2.45, 2.75) is 25.5 Å². The molecular weight excluding hydrogens is 308 g/mol. The molecule has 0 N–H and O–H groups in total. The smallest absolute Gasteiger partial charge is 0.232 e. The van der Waals surface area contributed by atoms with E-state index in [-0.39, 0.29) is 6.10 Å². The normalized spacial score (nSPS) is 16.7. The summed E-state index contributed by atoms with van der Waals surface area (Å²) in [5.41, 5.74) is 1.19. The number of benzene rings is 1. The Morgan fingerprint density at radius 1 is 1.17 bits per heavy atom. The molecule has 0 amide bonds. The molecule has 3 heterocycles. The summed E-state index contributed by atoms with van der Waals surface area (Å²) in [7, 11) is 0. The monoisotopic (exact) mass is 326 g/mol. The van der Waals surface area contributed by atoms with E-state index >= 15 is 0 Å². The Morgan fingerprint density at radius 2 is 2.04 bits per heavy atom. The summed E-state index contributed by atoms with van der Waals surface area (Å²) in [4.78, 5) is 10.7. The van der Waals surface area contributed by atoms with Gasteiger partial charge in [-0.2, -0.15) is 4.37 Å². The van der Waals surface area contributed by atoms with Gasteiger partial charge in [-0.3, -0.25) is 9.88 Å². The van der Waals surface area contributed by atoms with Gasteiger partial charge < -0.3 is 4.74 Å². The minimum Gasteiger partial charge on any atom is -0.473 e. The predicted molar refractivity (Wildman–Crippen MR) is 90.6 cm³/mol. The standard InChI is InChI=1S/C17H18N4OS/c1-2-4-16-14(3-1)15(20-23-16)12-21-9-5-13(6-10-21)22-17-11-18-7-8-19-17/h1-4,7-8,11,13H,5-6,9-10,12H2. The van der Waals surface area contributed by atoms with Crippen molar-refractivity contribution in [2.75, 3.05) is 13.1 Å². The number of hydrogen-bond donors (Lipinski definition) is 0. The van der Waals surface area contributed by atoms with E-state index in [1.54, 1.807) is 30.1 Å². The van der Waals surface area contributed by atoms with Crippen LogP contribution in [0.15, 0.2) is 42.9 Å². The van der Waals surface area contributed by atoms with E-state index in [2.05, 4.69) is 43.5 Å². The van der Waals surface area contributed by atoms with Gasteiger partial charge in [0.1, 0.15) is 6.10 Å². The molecule has 5 nitrogen and oxygen atoms in total. The second kappa shape index (κ2) is 6.60. The van der Waals surface area contributed by atoms with Crippen LogP contribution in [-0.4, -0.2) is 38.4 Å². The minimum absolute atomic E-state index is 0.232. The van der Waals surface area contributed by atoms with Crippen LogP contribution in [0.25, 0.3) is 10.1 Å². The molecule has 1 aromatic carbocycles. The second-order valence-electron chi connectivity index (χ2n) is 5.76. The molecule has 0 atom stereocenters. The van der Waals surface area contributed by atoms with Gasteiger partial charge in [0.15, 0.2) is 0 Å². The Labute approximate surface area is 139 Å². The van der Waals surface area contributed by atoms with Crippen molar-refractivity contribution in [1.82, 2.24) is 19.2 Å². The van der Waals surface area contributed by atoms with Gasteiger partial charge in [0.2, 0.25) is 5.88 Å². The quantitative estimate of drug-likeness (QED) is 0.737. The second-order valence-corrected chi connectivity index (χ2v) is 6.57. The summed E-state index contributed by atoms with van der Waals surface area (Å²) in [5.74, 6) is 0.622. The SMILES string of the molecule is c1ccc2c(CN3CCC(Oc4cnccn4)CC3)nsc2c1. The lowest BCUT2D eigenvalue weighted by atomic mass is 10.1. The summed E-state index contributed by atoms with van der Waals surface area (Å²) in [6.07, 6.45) is 7.26. The van der Waals surface area contributed by atoms with E-state index in [9.17, 15) is 0 Å². The third kappa shape index (κ3) is 3.33. The Bertz CT molecular complexity index is 768. The van der Waals surface area contributed by atoms with Crippen molar-refractivity contribution < 1.29 is 4.74 Å². The summed E-state index contributed by atoms with van der Waals surface area (Å²) in [5, 5.41) is 1.29. The van der Waals surface area contributed by atoms with E-state index in [4.69, 9.17) is 4.74 Å². The third-order valence-electron chi connectivity index (χ3n) is 4.19. The highest BCUT2D eigenvalue weighted by atomic mass is 32.1. The maximum Gasteiger partial charge on any atom is 0.232 e. The van der Waals surface area contributed by atoms with Gasteiger partial charge in [0, 0.05) is 37.4 Å². The number of aromatic nitrogens is 3. The Kier molecular flexibility index (Phi) is 4.17. The highest BCUT2D eigenvalue weighted by Crippen LogP contribution is 2.25. The summed E-state index contributed by atoms with van der Waals surface area (Å²) in [6.45, 7) is 2.97. The van der Waals surface area contributed by atoms with E-state index in [0.717, 1.165) is 32.5 Å². The Hall–Kier alpha value is -2.05. The van der Waals surface area contributed by atoms with Gasteiger partial charge in [0.25, 0.3) is 0 Å². The molecular formula is C17H18N4OS. The number of likely N-dealkylation sites (tertiary alicyclic amines) is 1. The molecule has 1 aliphatic heterocycles. The zero-order valence-electron chi connectivity index (χ0n) is 12.8. The van der Waals surface area contributed by atoms with Crippen molar-refractivity contribution in [3.05, 3.63) is 48.5 Å². The van der Waals surface area contributed by atoms with E-state index in [0.29, 0.717) is 5.88 Å². The van der Waals surface area contributed by atoms with E-state index < -0.39 is 0 Å². The topological polar surface area (TPSA) is 51.1 Å². The molecule has 0 spiro atoms. The van der Waals surface area contributed by atoms with Crippen molar-refractivity contribution in [2.24, 2.45) is 0 Å². The number of hydrogen-bond acceptors (Lipinski definition) is 6. The summed E-state index contributed by atoms with van der Waals surface area (Å²) >= 11 is 1.59. The van der Waals surface area contributed by atoms with Crippen LogP contribution >= 0.6 is 11.5 Å². The number of rotatable bonds is 4. The van der Waals surface area contributed by atoms with Gasteiger partial charge in [0.05, 0.1) is 16.6 Å². The number of ether oxygens (including phenoxy) is 1. The van der Waals surface area contributed by atoms with Crippen LogP contribution in [0, 0.1) is 0 Å². The average Bonchev–Trinajstić information content (AvgIpc) is 3.01. The first kappa shape index (κ1) is 14.5. The fraction of sp³-hybridized carbons (Fsp3) is 0.353. The third-order valence-corrected chi connectivity index (χ3v) is 5.05. The first-order valence-electron chi connectivity index (χ1n) is 7.87. The van der Waals surface area contributed by atoms with Crippen molar-refractivity contribution in [3.63, 3.8) is 0 Å². The lowest BCUT2D eigenvalue weighted by molar-refractivity contribution is 0.0926. The van der Waals surface area contributed by atoms with Crippen LogP contribution in [0.1, 0.15) is 18.5 Å². The van der Waals surface area contributed by atoms with Crippen molar-refractivity contribution in [1.29, 1.82) is 0 Å². The van der Waals surface area contributed by atoms with E-state index in [1.165, 1.54) is 15.8 Å². The predicted octanol–water partition coefficient (Wildman–Crippen LogP) is 3.13. The van der Waals surface area contributed by atoms with Crippen LogP contribution in [-0.2, 0) is 6.54 Å². The van der Waals surface area contributed by atoms with Crippen molar-refractivity contribution in [3.8, 4) is 5.88 Å². The molecule has 1 saturated heterocycles. The highest BCUT2D eigenvalue weighted by molar-refractivity contribution is 7.13. The molecule has 0 radical (unpaired) electrons.